The van der Waals surface area contributed by atoms with Gasteiger partial charge in [0.05, 0.1) is 0 Å². The van der Waals surface area contributed by atoms with Crippen molar-refractivity contribution in [1.29, 1.82) is 0 Å². The minimum Gasteiger partial charge on any atom is -0.327 e. The van der Waals surface area contributed by atoms with E-state index in [4.69, 9.17) is 5.73 Å². The highest BCUT2D eigenvalue weighted by Gasteiger charge is 2.11. The van der Waals surface area contributed by atoms with Gasteiger partial charge in [0, 0.05) is 16.7 Å². The minimum absolute atomic E-state index is 0.146. The van der Waals surface area contributed by atoms with E-state index in [1.54, 1.807) is 6.07 Å². The van der Waals surface area contributed by atoms with Gasteiger partial charge in [-0.25, -0.2) is 4.39 Å². The van der Waals surface area contributed by atoms with Crippen LogP contribution in [0.1, 0.15) is 33.1 Å². The molecule has 1 aromatic carbocycles. The molecule has 0 heterocycles. The van der Waals surface area contributed by atoms with Gasteiger partial charge < -0.3 is 5.73 Å². The van der Waals surface area contributed by atoms with Crippen LogP contribution < -0.4 is 5.73 Å². The first kappa shape index (κ1) is 14.5. The van der Waals surface area contributed by atoms with Crippen LogP contribution in [0.25, 0.3) is 0 Å². The first-order chi connectivity index (χ1) is 8.17. The second kappa shape index (κ2) is 7.72. The SMILES string of the molecule is CCC(CC)CC(N)CSc1ccccc1F. The van der Waals surface area contributed by atoms with Gasteiger partial charge in [-0.15, -0.1) is 11.8 Å². The summed E-state index contributed by atoms with van der Waals surface area (Å²) in [6.07, 6.45) is 3.39. The van der Waals surface area contributed by atoms with Gasteiger partial charge in [0.1, 0.15) is 5.82 Å². The van der Waals surface area contributed by atoms with E-state index in [2.05, 4.69) is 13.8 Å². The zero-order chi connectivity index (χ0) is 12.7. The Bertz CT molecular complexity index is 326. The molecule has 0 aliphatic rings. The van der Waals surface area contributed by atoms with Crippen molar-refractivity contribution in [2.45, 2.75) is 44.0 Å². The molecule has 0 bridgehead atoms. The maximum Gasteiger partial charge on any atom is 0.136 e. The Hall–Kier alpha value is -0.540. The molecular weight excluding hydrogens is 233 g/mol. The lowest BCUT2D eigenvalue weighted by molar-refractivity contribution is 0.423. The van der Waals surface area contributed by atoms with Gasteiger partial charge >= 0.3 is 0 Å². The summed E-state index contributed by atoms with van der Waals surface area (Å²) in [4.78, 5) is 0.701. The van der Waals surface area contributed by atoms with Crippen LogP contribution in [-0.4, -0.2) is 11.8 Å². The Morgan fingerprint density at radius 1 is 1.24 bits per heavy atom. The average Bonchev–Trinajstić information content (AvgIpc) is 2.35. The molecule has 1 unspecified atom stereocenters. The molecule has 1 rings (SSSR count). The summed E-state index contributed by atoms with van der Waals surface area (Å²) in [6.45, 7) is 4.40. The third-order valence-electron chi connectivity index (χ3n) is 3.08. The van der Waals surface area contributed by atoms with Gasteiger partial charge in [0.15, 0.2) is 0 Å². The molecule has 0 radical (unpaired) electrons. The lowest BCUT2D eigenvalue weighted by Crippen LogP contribution is -2.26. The Kier molecular flexibility index (Phi) is 6.60. The quantitative estimate of drug-likeness (QED) is 0.743. The van der Waals surface area contributed by atoms with Crippen molar-refractivity contribution in [3.63, 3.8) is 0 Å². The molecule has 0 aliphatic heterocycles. The molecule has 0 saturated heterocycles. The topological polar surface area (TPSA) is 26.0 Å². The van der Waals surface area contributed by atoms with Crippen molar-refractivity contribution in [2.24, 2.45) is 11.7 Å². The van der Waals surface area contributed by atoms with Crippen LogP contribution in [0.15, 0.2) is 29.2 Å². The van der Waals surface area contributed by atoms with Gasteiger partial charge in [-0.1, -0.05) is 38.8 Å². The molecule has 1 nitrogen and oxygen atoms in total. The summed E-state index contributed by atoms with van der Waals surface area (Å²) < 4.78 is 13.4. The molecular formula is C14H22FNS. The molecule has 17 heavy (non-hydrogen) atoms. The predicted molar refractivity (Wildman–Crippen MR) is 73.8 cm³/mol. The van der Waals surface area contributed by atoms with E-state index in [9.17, 15) is 4.39 Å². The summed E-state index contributed by atoms with van der Waals surface area (Å²) in [6, 6.07) is 7.03. The minimum atomic E-state index is -0.146. The van der Waals surface area contributed by atoms with Crippen molar-refractivity contribution in [3.8, 4) is 0 Å². The number of rotatable bonds is 7. The molecule has 0 spiro atoms. The van der Waals surface area contributed by atoms with E-state index >= 15 is 0 Å². The van der Waals surface area contributed by atoms with E-state index in [1.165, 1.54) is 30.7 Å². The predicted octanol–water partition coefficient (Wildman–Crippen LogP) is 4.07. The van der Waals surface area contributed by atoms with E-state index < -0.39 is 0 Å². The normalized spacial score (nSPS) is 13.0. The molecule has 3 heteroatoms. The van der Waals surface area contributed by atoms with Gasteiger partial charge in [0.2, 0.25) is 0 Å². The van der Waals surface area contributed by atoms with Crippen molar-refractivity contribution < 1.29 is 4.39 Å². The van der Waals surface area contributed by atoms with Gasteiger partial charge in [-0.05, 0) is 24.5 Å². The van der Waals surface area contributed by atoms with Gasteiger partial charge in [-0.3, -0.25) is 0 Å². The second-order valence-electron chi connectivity index (χ2n) is 4.42. The average molecular weight is 255 g/mol. The van der Waals surface area contributed by atoms with Gasteiger partial charge in [0.25, 0.3) is 0 Å². The zero-order valence-corrected chi connectivity index (χ0v) is 11.5. The summed E-state index contributed by atoms with van der Waals surface area (Å²) in [5.74, 6) is 1.34. The second-order valence-corrected chi connectivity index (χ2v) is 5.48. The third kappa shape index (κ3) is 5.09. The molecule has 1 atom stereocenters. The molecule has 0 amide bonds. The Morgan fingerprint density at radius 3 is 2.47 bits per heavy atom. The van der Waals surface area contributed by atoms with E-state index in [0.29, 0.717) is 10.8 Å². The molecule has 1 aromatic rings. The van der Waals surface area contributed by atoms with Crippen molar-refractivity contribution in [2.75, 3.05) is 5.75 Å². The molecule has 0 aliphatic carbocycles. The van der Waals surface area contributed by atoms with E-state index in [-0.39, 0.29) is 11.9 Å². The number of nitrogens with two attached hydrogens (primary N) is 1. The van der Waals surface area contributed by atoms with Crippen LogP contribution in [0, 0.1) is 11.7 Å². The van der Waals surface area contributed by atoms with Crippen LogP contribution in [0.3, 0.4) is 0 Å². The number of hydrogen-bond donors (Lipinski definition) is 1. The van der Waals surface area contributed by atoms with Gasteiger partial charge in [-0.2, -0.15) is 0 Å². The van der Waals surface area contributed by atoms with Crippen molar-refractivity contribution in [3.05, 3.63) is 30.1 Å². The highest BCUT2D eigenvalue weighted by molar-refractivity contribution is 7.99. The van der Waals surface area contributed by atoms with Crippen LogP contribution >= 0.6 is 11.8 Å². The highest BCUT2D eigenvalue weighted by Crippen LogP contribution is 2.23. The molecule has 2 N–H and O–H groups in total. The fourth-order valence-electron chi connectivity index (χ4n) is 1.88. The summed E-state index contributed by atoms with van der Waals surface area (Å²) >= 11 is 1.52. The Morgan fingerprint density at radius 2 is 1.88 bits per heavy atom. The molecule has 0 fully saturated rings. The third-order valence-corrected chi connectivity index (χ3v) is 4.32. The van der Waals surface area contributed by atoms with Crippen molar-refractivity contribution in [1.82, 2.24) is 0 Å². The fraction of sp³-hybridized carbons (Fsp3) is 0.571. The fourth-order valence-corrected chi connectivity index (χ4v) is 2.79. The summed E-state index contributed by atoms with van der Waals surface area (Å²) in [5, 5.41) is 0. The number of thioether (sulfide) groups is 1. The van der Waals surface area contributed by atoms with Crippen molar-refractivity contribution >= 4 is 11.8 Å². The van der Waals surface area contributed by atoms with Crippen LogP contribution in [0.4, 0.5) is 4.39 Å². The van der Waals surface area contributed by atoms with Crippen LogP contribution in [0.2, 0.25) is 0 Å². The zero-order valence-electron chi connectivity index (χ0n) is 10.7. The molecule has 0 aromatic heterocycles. The summed E-state index contributed by atoms with van der Waals surface area (Å²) in [5.41, 5.74) is 6.08. The maximum absolute atomic E-state index is 13.4. The smallest absolute Gasteiger partial charge is 0.136 e. The van der Waals surface area contributed by atoms with Crippen LogP contribution in [-0.2, 0) is 0 Å². The first-order valence-corrected chi connectivity index (χ1v) is 7.28. The molecule has 96 valence electrons. The largest absolute Gasteiger partial charge is 0.327 e. The first-order valence-electron chi connectivity index (χ1n) is 6.30. The standard InChI is InChI=1S/C14H22FNS/c1-3-11(4-2)9-12(16)10-17-14-8-6-5-7-13(14)15/h5-8,11-12H,3-4,9-10,16H2,1-2H3. The highest BCUT2D eigenvalue weighted by atomic mass is 32.2. The van der Waals surface area contributed by atoms with E-state index in [1.807, 2.05) is 12.1 Å². The number of halogens is 1. The van der Waals surface area contributed by atoms with E-state index in [0.717, 1.165) is 12.2 Å². The molecule has 0 saturated carbocycles. The van der Waals surface area contributed by atoms with Crippen LogP contribution in [0.5, 0.6) is 0 Å². The monoisotopic (exact) mass is 255 g/mol. The Balaban J connectivity index is 2.38. The number of benzene rings is 1. The maximum atomic E-state index is 13.4. The Labute approximate surface area is 108 Å². The number of hydrogen-bond acceptors (Lipinski definition) is 2. The lowest BCUT2D eigenvalue weighted by Gasteiger charge is -2.17. The summed E-state index contributed by atoms with van der Waals surface area (Å²) in [7, 11) is 0. The lowest BCUT2D eigenvalue weighted by atomic mass is 9.96.